The topological polar surface area (TPSA) is 172 Å². The Balaban J connectivity index is 3.43. The predicted octanol–water partition coefficient (Wildman–Crippen LogP) is 3.76. The van der Waals surface area contributed by atoms with E-state index in [4.69, 9.17) is 4.74 Å². The summed E-state index contributed by atoms with van der Waals surface area (Å²) in [7, 11) is 0. The largest absolute Gasteiger partial charge is 0.460 e. The second-order valence-electron chi connectivity index (χ2n) is 14.8. The molecule has 0 aliphatic carbocycles. The van der Waals surface area contributed by atoms with Crippen molar-refractivity contribution in [1.82, 2.24) is 26.6 Å². The third-order valence-corrected chi connectivity index (χ3v) is 8.92. The van der Waals surface area contributed by atoms with Crippen molar-refractivity contribution in [2.75, 3.05) is 6.54 Å². The van der Waals surface area contributed by atoms with Gasteiger partial charge in [0.2, 0.25) is 29.5 Å². The molecule has 0 bridgehead atoms. The van der Waals surface area contributed by atoms with Crippen LogP contribution in [0.2, 0.25) is 0 Å². The highest BCUT2D eigenvalue weighted by atomic mass is 16.5. The van der Waals surface area contributed by atoms with Crippen LogP contribution in [0.5, 0.6) is 0 Å². The number of amides is 5. The molecule has 5 N–H and O–H groups in total. The molecule has 276 valence electrons. The second kappa shape index (κ2) is 21.7. The van der Waals surface area contributed by atoms with Gasteiger partial charge < -0.3 is 31.3 Å². The van der Waals surface area contributed by atoms with Crippen LogP contribution >= 0.6 is 0 Å². The fourth-order valence-corrected chi connectivity index (χ4v) is 5.94. The van der Waals surface area contributed by atoms with Gasteiger partial charge in [-0.1, -0.05) is 101 Å². The maximum absolute atomic E-state index is 13.6. The van der Waals surface area contributed by atoms with Crippen LogP contribution in [0.4, 0.5) is 0 Å². The Bertz CT molecular complexity index is 1060. The summed E-state index contributed by atoms with van der Waals surface area (Å²) in [5, 5.41) is 13.6. The van der Waals surface area contributed by atoms with Gasteiger partial charge in [0.15, 0.2) is 0 Å². The third kappa shape index (κ3) is 15.4. The van der Waals surface area contributed by atoms with Crippen LogP contribution in [-0.2, 0) is 33.5 Å². The molecule has 0 aromatic rings. The number of rotatable bonds is 13. The quantitative estimate of drug-likeness (QED) is 0.146. The number of esters is 1. The molecule has 0 aromatic heterocycles. The Morgan fingerprint density at radius 3 is 1.85 bits per heavy atom. The van der Waals surface area contributed by atoms with E-state index in [1.165, 1.54) is 6.42 Å². The highest BCUT2D eigenvalue weighted by molar-refractivity contribution is 5.95. The lowest BCUT2D eigenvalue weighted by atomic mass is 9.88. The van der Waals surface area contributed by atoms with Crippen molar-refractivity contribution in [1.29, 1.82) is 0 Å². The van der Waals surface area contributed by atoms with Crippen molar-refractivity contribution < 1.29 is 33.5 Å². The SMILES string of the molecule is CCCCCC[C@H](C)C[C@H](C)[C@@H]1CC(=O)NCC(=O)N[C@@H](C(C)C)C(=O)N[C@H](CC(C)C)C(=O)N[C@@H](CC)C(=O)N[C@@H](C(C)C)C(=O)O1. The zero-order chi connectivity index (χ0) is 36.6. The van der Waals surface area contributed by atoms with Crippen molar-refractivity contribution in [2.45, 2.75) is 157 Å². The number of unbranched alkanes of at least 4 members (excludes halogenated alkanes) is 3. The number of cyclic esters (lactones) is 1. The fraction of sp³-hybridized carbons (Fsp3) is 0.833. The van der Waals surface area contributed by atoms with Gasteiger partial charge in [0.25, 0.3) is 0 Å². The molecule has 1 rings (SSSR count). The van der Waals surface area contributed by atoms with Gasteiger partial charge in [0, 0.05) is 0 Å². The smallest absolute Gasteiger partial charge is 0.329 e. The van der Waals surface area contributed by atoms with E-state index >= 15 is 0 Å². The monoisotopic (exact) mass is 679 g/mol. The van der Waals surface area contributed by atoms with Crippen LogP contribution in [0, 0.1) is 29.6 Å². The summed E-state index contributed by atoms with van der Waals surface area (Å²) in [5.74, 6) is -3.83. The van der Waals surface area contributed by atoms with Gasteiger partial charge in [-0.3, -0.25) is 24.0 Å². The summed E-state index contributed by atoms with van der Waals surface area (Å²) in [6.07, 6.45) is 5.91. The van der Waals surface area contributed by atoms with Gasteiger partial charge in [-0.2, -0.15) is 0 Å². The molecular formula is C36H65N5O7. The number of nitrogens with one attached hydrogen (secondary N) is 5. The Morgan fingerprint density at radius 1 is 0.688 bits per heavy atom. The van der Waals surface area contributed by atoms with E-state index in [1.54, 1.807) is 34.6 Å². The number of carbonyl (C=O) groups excluding carboxylic acids is 6. The minimum atomic E-state index is -1.03. The maximum atomic E-state index is 13.6. The first kappa shape index (κ1) is 42.8. The lowest BCUT2D eigenvalue weighted by molar-refractivity contribution is -0.158. The molecule has 5 amide bonds. The average Bonchev–Trinajstić information content (AvgIpc) is 3.00. The predicted molar refractivity (Wildman–Crippen MR) is 186 cm³/mol. The molecule has 7 atom stereocenters. The van der Waals surface area contributed by atoms with Gasteiger partial charge >= 0.3 is 5.97 Å². The van der Waals surface area contributed by atoms with Crippen LogP contribution in [-0.4, -0.2) is 72.3 Å². The Morgan fingerprint density at radius 2 is 1.29 bits per heavy atom. The van der Waals surface area contributed by atoms with E-state index in [-0.39, 0.29) is 43.1 Å². The van der Waals surface area contributed by atoms with Crippen molar-refractivity contribution in [3.8, 4) is 0 Å². The number of hydrogen-bond donors (Lipinski definition) is 5. The number of ether oxygens (including phenoxy) is 1. The highest BCUT2D eigenvalue weighted by Crippen LogP contribution is 2.25. The lowest BCUT2D eigenvalue weighted by Crippen LogP contribution is -2.59. The third-order valence-electron chi connectivity index (χ3n) is 8.92. The van der Waals surface area contributed by atoms with Crippen molar-refractivity contribution in [3.63, 3.8) is 0 Å². The summed E-state index contributed by atoms with van der Waals surface area (Å²) in [4.78, 5) is 80.1. The van der Waals surface area contributed by atoms with Gasteiger partial charge in [0.1, 0.15) is 30.3 Å². The first-order valence-corrected chi connectivity index (χ1v) is 18.2. The molecule has 0 aromatic carbocycles. The van der Waals surface area contributed by atoms with Crippen LogP contribution in [0.3, 0.4) is 0 Å². The van der Waals surface area contributed by atoms with Gasteiger partial charge in [-0.25, -0.2) is 4.79 Å². The zero-order valence-electron chi connectivity index (χ0n) is 31.2. The number of carbonyl (C=O) groups is 6. The molecular weight excluding hydrogens is 614 g/mol. The highest BCUT2D eigenvalue weighted by Gasteiger charge is 2.35. The minimum Gasteiger partial charge on any atom is -0.460 e. The van der Waals surface area contributed by atoms with Crippen molar-refractivity contribution in [3.05, 3.63) is 0 Å². The molecule has 1 fully saturated rings. The second-order valence-corrected chi connectivity index (χ2v) is 14.8. The average molecular weight is 680 g/mol. The summed E-state index contributed by atoms with van der Waals surface area (Å²) >= 11 is 0. The summed E-state index contributed by atoms with van der Waals surface area (Å²) in [6.45, 7) is 18.5. The number of hydrogen-bond acceptors (Lipinski definition) is 7. The lowest BCUT2D eigenvalue weighted by Gasteiger charge is -2.30. The molecule has 1 aliphatic rings. The van der Waals surface area contributed by atoms with E-state index in [2.05, 4.69) is 40.4 Å². The molecule has 0 radical (unpaired) electrons. The van der Waals surface area contributed by atoms with E-state index in [9.17, 15) is 28.8 Å². The molecule has 1 saturated heterocycles. The molecule has 48 heavy (non-hydrogen) atoms. The van der Waals surface area contributed by atoms with Crippen molar-refractivity contribution >= 4 is 35.5 Å². The van der Waals surface area contributed by atoms with Crippen LogP contribution < -0.4 is 26.6 Å². The molecule has 0 saturated carbocycles. The van der Waals surface area contributed by atoms with E-state index in [1.807, 2.05) is 20.8 Å². The summed E-state index contributed by atoms with van der Waals surface area (Å²) in [5.41, 5.74) is 0. The van der Waals surface area contributed by atoms with E-state index in [0.717, 1.165) is 32.1 Å². The maximum Gasteiger partial charge on any atom is 0.329 e. The molecule has 1 heterocycles. The molecule has 0 unspecified atom stereocenters. The van der Waals surface area contributed by atoms with Gasteiger partial charge in [-0.05, 0) is 48.9 Å². The van der Waals surface area contributed by atoms with E-state index in [0.29, 0.717) is 12.3 Å². The summed E-state index contributed by atoms with van der Waals surface area (Å²) < 4.78 is 6.00. The molecule has 1 aliphatic heterocycles. The van der Waals surface area contributed by atoms with Crippen LogP contribution in [0.15, 0.2) is 0 Å². The minimum absolute atomic E-state index is 0.0262. The van der Waals surface area contributed by atoms with E-state index < -0.39 is 65.8 Å². The summed E-state index contributed by atoms with van der Waals surface area (Å²) in [6, 6.07) is -3.95. The molecule has 12 nitrogen and oxygen atoms in total. The Labute approximate surface area is 288 Å². The van der Waals surface area contributed by atoms with Gasteiger partial charge in [0.05, 0.1) is 13.0 Å². The zero-order valence-corrected chi connectivity index (χ0v) is 31.2. The van der Waals surface area contributed by atoms with Gasteiger partial charge in [-0.15, -0.1) is 0 Å². The first-order valence-electron chi connectivity index (χ1n) is 18.2. The Hall–Kier alpha value is -3.18. The van der Waals surface area contributed by atoms with Crippen LogP contribution in [0.25, 0.3) is 0 Å². The molecule has 0 spiro atoms. The first-order chi connectivity index (χ1) is 22.5. The molecule has 12 heteroatoms. The van der Waals surface area contributed by atoms with Crippen LogP contribution in [0.1, 0.15) is 127 Å². The fourth-order valence-electron chi connectivity index (χ4n) is 5.94. The standard InChI is InChI=1S/C36H65N5O7/c1-11-13-14-15-16-24(9)18-25(10)28-19-29(42)37-20-30(43)40-31(22(5)6)35(46)39-27(17-21(3)4)34(45)38-26(12-2)33(44)41-32(23(7)8)36(47)48-28/h21-28,31-32H,11-20H2,1-10H3,(H,37,42)(H,38,45)(H,39,46)(H,40,43)(H,41,44)/t24-,25-,26-,27+,28-,31-,32-/m0/s1. The normalized spacial score (nSPS) is 25.6. The Kier molecular flexibility index (Phi) is 19.4. The van der Waals surface area contributed by atoms with Crippen molar-refractivity contribution in [2.24, 2.45) is 29.6 Å².